The molecule has 0 spiro atoms. The zero-order valence-corrected chi connectivity index (χ0v) is 16.1. The number of aromatic nitrogens is 2. The van der Waals surface area contributed by atoms with Crippen LogP contribution in [0.3, 0.4) is 0 Å². The molecule has 0 aliphatic rings. The third-order valence-electron chi connectivity index (χ3n) is 4.13. The lowest BCUT2D eigenvalue weighted by Crippen LogP contribution is -2.05. The summed E-state index contributed by atoms with van der Waals surface area (Å²) in [5.74, 6) is 2.57. The molecule has 0 aliphatic carbocycles. The Morgan fingerprint density at radius 3 is 2.39 bits per heavy atom. The number of anilines is 5. The predicted molar refractivity (Wildman–Crippen MR) is 113 cm³/mol. The van der Waals surface area contributed by atoms with Crippen molar-refractivity contribution in [2.45, 2.75) is 19.8 Å². The first kappa shape index (κ1) is 19.3. The molecule has 1 aromatic heterocycles. The van der Waals surface area contributed by atoms with E-state index in [2.05, 4.69) is 27.5 Å². The number of methoxy groups -OCH3 is 1. The molecule has 0 saturated heterocycles. The maximum absolute atomic E-state index is 6.27. The lowest BCUT2D eigenvalue weighted by atomic mass is 10.2. The van der Waals surface area contributed by atoms with Crippen LogP contribution in [0.4, 0.5) is 28.7 Å². The molecule has 7 nitrogen and oxygen atoms in total. The fourth-order valence-corrected chi connectivity index (χ4v) is 2.58. The zero-order valence-electron chi connectivity index (χ0n) is 16.1. The van der Waals surface area contributed by atoms with Gasteiger partial charge in [-0.25, -0.2) is 9.97 Å². The third-order valence-corrected chi connectivity index (χ3v) is 4.13. The molecule has 0 amide bonds. The van der Waals surface area contributed by atoms with Crippen molar-refractivity contribution in [3.05, 3.63) is 54.9 Å². The quantitative estimate of drug-likeness (QED) is 0.463. The van der Waals surface area contributed by atoms with E-state index in [1.54, 1.807) is 7.11 Å². The van der Waals surface area contributed by atoms with E-state index >= 15 is 0 Å². The number of nitrogens with two attached hydrogens (primary N) is 1. The van der Waals surface area contributed by atoms with E-state index in [1.807, 2.05) is 48.5 Å². The van der Waals surface area contributed by atoms with Crippen molar-refractivity contribution in [3.63, 3.8) is 0 Å². The van der Waals surface area contributed by atoms with Gasteiger partial charge in [-0.15, -0.1) is 0 Å². The smallest absolute Gasteiger partial charge is 0.159 e. The van der Waals surface area contributed by atoms with Gasteiger partial charge in [0.05, 0.1) is 19.4 Å². The Kier molecular flexibility index (Phi) is 6.51. The Morgan fingerprint density at radius 1 is 0.964 bits per heavy atom. The van der Waals surface area contributed by atoms with Gasteiger partial charge in [-0.05, 0) is 42.8 Å². The van der Waals surface area contributed by atoms with Crippen LogP contribution in [0.25, 0.3) is 0 Å². The van der Waals surface area contributed by atoms with Crippen molar-refractivity contribution in [1.82, 2.24) is 9.97 Å². The molecule has 0 fully saturated rings. The van der Waals surface area contributed by atoms with Crippen LogP contribution in [0, 0.1) is 0 Å². The second-order valence-corrected chi connectivity index (χ2v) is 6.16. The van der Waals surface area contributed by atoms with E-state index < -0.39 is 0 Å². The largest absolute Gasteiger partial charge is 0.495 e. The zero-order chi connectivity index (χ0) is 19.8. The molecule has 0 atom stereocenters. The summed E-state index contributed by atoms with van der Waals surface area (Å²) in [6.07, 6.45) is 3.61. The molecule has 0 bridgehead atoms. The van der Waals surface area contributed by atoms with Gasteiger partial charge in [-0.3, -0.25) is 0 Å². The minimum atomic E-state index is 0.414. The summed E-state index contributed by atoms with van der Waals surface area (Å²) in [5.41, 5.74) is 8.31. The predicted octanol–water partition coefficient (Wildman–Crippen LogP) is 4.73. The second kappa shape index (κ2) is 9.45. The number of nitrogen functional groups attached to an aromatic ring is 1. The van der Waals surface area contributed by atoms with Crippen molar-refractivity contribution in [3.8, 4) is 11.5 Å². The number of benzene rings is 2. The Hall–Kier alpha value is -3.48. The van der Waals surface area contributed by atoms with Gasteiger partial charge < -0.3 is 25.8 Å². The van der Waals surface area contributed by atoms with Gasteiger partial charge in [0.1, 0.15) is 23.5 Å². The summed E-state index contributed by atoms with van der Waals surface area (Å²) in [4.78, 5) is 8.50. The van der Waals surface area contributed by atoms with E-state index in [1.165, 1.54) is 6.33 Å². The number of ether oxygens (including phenoxy) is 2. The number of nitrogens with zero attached hydrogens (tertiary/aromatic N) is 2. The van der Waals surface area contributed by atoms with E-state index in [9.17, 15) is 0 Å². The fourth-order valence-electron chi connectivity index (χ4n) is 2.58. The van der Waals surface area contributed by atoms with E-state index in [-0.39, 0.29) is 0 Å². The maximum atomic E-state index is 6.27. The van der Waals surface area contributed by atoms with Gasteiger partial charge in [-0.1, -0.05) is 25.5 Å². The van der Waals surface area contributed by atoms with E-state index in [0.717, 1.165) is 36.6 Å². The average molecular weight is 379 g/mol. The molecule has 2 aromatic carbocycles. The molecule has 0 saturated carbocycles. The topological polar surface area (TPSA) is 94.3 Å². The molecule has 0 unspecified atom stereocenters. The number of unbranched alkanes of at least 4 members (excludes halogenated alkanes) is 1. The normalized spacial score (nSPS) is 10.4. The molecule has 1 heterocycles. The number of para-hydroxylation sites is 2. The number of hydrogen-bond acceptors (Lipinski definition) is 7. The van der Waals surface area contributed by atoms with Crippen LogP contribution in [-0.4, -0.2) is 23.7 Å². The molecule has 0 aliphatic heterocycles. The monoisotopic (exact) mass is 379 g/mol. The highest BCUT2D eigenvalue weighted by Crippen LogP contribution is 2.32. The molecule has 3 aromatic rings. The van der Waals surface area contributed by atoms with Crippen LogP contribution in [0.15, 0.2) is 54.9 Å². The molecular formula is C21H25N5O2. The Bertz CT molecular complexity index is 900. The maximum Gasteiger partial charge on any atom is 0.159 e. The lowest BCUT2D eigenvalue weighted by molar-refractivity contribution is 0.309. The molecule has 7 heteroatoms. The first-order chi connectivity index (χ1) is 13.7. The molecule has 3 rings (SSSR count). The lowest BCUT2D eigenvalue weighted by Gasteiger charge is -2.14. The van der Waals surface area contributed by atoms with Crippen molar-refractivity contribution in [2.75, 3.05) is 30.1 Å². The fraction of sp³-hybridized carbons (Fsp3) is 0.238. The standard InChI is InChI=1S/C21H25N5O2/c1-3-4-13-28-16-11-9-15(10-12-16)25-20-19(22)21(24-14-23-20)26-17-7-5-6-8-18(17)27-2/h5-12,14H,3-4,13,22H2,1-2H3,(H2,23,24,25,26). The highest BCUT2D eigenvalue weighted by atomic mass is 16.5. The van der Waals surface area contributed by atoms with Crippen LogP contribution < -0.4 is 25.8 Å². The van der Waals surface area contributed by atoms with Crippen LogP contribution in [0.1, 0.15) is 19.8 Å². The minimum Gasteiger partial charge on any atom is -0.495 e. The Morgan fingerprint density at radius 2 is 1.68 bits per heavy atom. The summed E-state index contributed by atoms with van der Waals surface area (Å²) in [7, 11) is 1.62. The summed E-state index contributed by atoms with van der Waals surface area (Å²) in [6.45, 7) is 2.86. The van der Waals surface area contributed by atoms with Gasteiger partial charge in [0.15, 0.2) is 11.6 Å². The van der Waals surface area contributed by atoms with Gasteiger partial charge in [0.2, 0.25) is 0 Å². The third kappa shape index (κ3) is 4.82. The summed E-state index contributed by atoms with van der Waals surface area (Å²) < 4.78 is 11.0. The summed E-state index contributed by atoms with van der Waals surface area (Å²) >= 11 is 0. The SMILES string of the molecule is CCCCOc1ccc(Nc2ncnc(Nc3ccccc3OC)c2N)cc1. The average Bonchev–Trinajstić information content (AvgIpc) is 2.73. The first-order valence-electron chi connectivity index (χ1n) is 9.21. The summed E-state index contributed by atoms with van der Waals surface area (Å²) in [6, 6.07) is 15.3. The van der Waals surface area contributed by atoms with Gasteiger partial charge >= 0.3 is 0 Å². The van der Waals surface area contributed by atoms with Crippen LogP contribution in [0.2, 0.25) is 0 Å². The minimum absolute atomic E-state index is 0.414. The highest BCUT2D eigenvalue weighted by molar-refractivity contribution is 5.81. The number of nitrogens with one attached hydrogen (secondary N) is 2. The van der Waals surface area contributed by atoms with Crippen LogP contribution in [0.5, 0.6) is 11.5 Å². The first-order valence-corrected chi connectivity index (χ1v) is 9.21. The number of hydrogen-bond donors (Lipinski definition) is 3. The molecular weight excluding hydrogens is 354 g/mol. The van der Waals surface area contributed by atoms with Crippen molar-refractivity contribution in [2.24, 2.45) is 0 Å². The van der Waals surface area contributed by atoms with Gasteiger partial charge in [-0.2, -0.15) is 0 Å². The van der Waals surface area contributed by atoms with E-state index in [4.69, 9.17) is 15.2 Å². The molecule has 146 valence electrons. The van der Waals surface area contributed by atoms with Gasteiger partial charge in [0.25, 0.3) is 0 Å². The molecule has 28 heavy (non-hydrogen) atoms. The Balaban J connectivity index is 1.72. The summed E-state index contributed by atoms with van der Waals surface area (Å²) in [5, 5.41) is 6.41. The molecule has 0 radical (unpaired) electrons. The van der Waals surface area contributed by atoms with E-state index in [0.29, 0.717) is 23.1 Å². The Labute approximate surface area is 164 Å². The van der Waals surface area contributed by atoms with Crippen LogP contribution in [-0.2, 0) is 0 Å². The van der Waals surface area contributed by atoms with Crippen molar-refractivity contribution < 1.29 is 9.47 Å². The van der Waals surface area contributed by atoms with Crippen molar-refractivity contribution in [1.29, 1.82) is 0 Å². The molecule has 4 N–H and O–H groups in total. The number of rotatable bonds is 9. The van der Waals surface area contributed by atoms with Crippen LogP contribution >= 0.6 is 0 Å². The van der Waals surface area contributed by atoms with Gasteiger partial charge in [0, 0.05) is 5.69 Å². The second-order valence-electron chi connectivity index (χ2n) is 6.16. The highest BCUT2D eigenvalue weighted by Gasteiger charge is 2.11. The van der Waals surface area contributed by atoms with Crippen molar-refractivity contribution >= 4 is 28.7 Å².